The fourth-order valence-electron chi connectivity index (χ4n) is 3.93. The molecule has 0 radical (unpaired) electrons. The molecule has 3 aromatic rings. The van der Waals surface area contributed by atoms with Gasteiger partial charge in [-0.3, -0.25) is 14.4 Å². The fraction of sp³-hybridized carbons (Fsp3) is 0.357. The zero-order valence-electron chi connectivity index (χ0n) is 23.0. The lowest BCUT2D eigenvalue weighted by atomic mass is 9.86. The molecule has 0 saturated carbocycles. The number of aromatic amines is 1. The van der Waals surface area contributed by atoms with Crippen LogP contribution in [0.15, 0.2) is 47.4 Å². The van der Waals surface area contributed by atoms with Gasteiger partial charge in [-0.2, -0.15) is 13.2 Å². The highest BCUT2D eigenvalue weighted by Crippen LogP contribution is 2.28. The van der Waals surface area contributed by atoms with E-state index in [9.17, 15) is 27.6 Å². The van der Waals surface area contributed by atoms with Gasteiger partial charge in [0.1, 0.15) is 17.4 Å². The summed E-state index contributed by atoms with van der Waals surface area (Å²) in [4.78, 5) is 50.0. The van der Waals surface area contributed by atoms with Gasteiger partial charge >= 0.3 is 18.1 Å². The van der Waals surface area contributed by atoms with E-state index in [2.05, 4.69) is 10.3 Å². The lowest BCUT2D eigenvalue weighted by Gasteiger charge is -2.23. The number of benzene rings is 2. The van der Waals surface area contributed by atoms with Crippen LogP contribution in [-0.2, 0) is 20.9 Å². The van der Waals surface area contributed by atoms with Crippen LogP contribution in [0.25, 0.3) is 10.9 Å². The Labute approximate surface area is 248 Å². The highest BCUT2D eigenvalue weighted by atomic mass is 35.5. The second-order valence-electron chi connectivity index (χ2n) is 9.30. The fourth-order valence-corrected chi connectivity index (χ4v) is 4.05. The number of rotatable bonds is 11. The summed E-state index contributed by atoms with van der Waals surface area (Å²) in [6.45, 7) is 2.61. The van der Waals surface area contributed by atoms with Crippen molar-refractivity contribution < 1.29 is 41.8 Å². The second kappa shape index (κ2) is 16.0. The van der Waals surface area contributed by atoms with Crippen LogP contribution >= 0.6 is 11.6 Å². The Balaban J connectivity index is 0.000000821. The molecule has 0 aliphatic carbocycles. The van der Waals surface area contributed by atoms with Gasteiger partial charge in [0.05, 0.1) is 12.1 Å². The van der Waals surface area contributed by atoms with E-state index < -0.39 is 47.2 Å². The molecule has 2 atom stereocenters. The van der Waals surface area contributed by atoms with Crippen molar-refractivity contribution in [1.29, 1.82) is 0 Å². The molecule has 0 fully saturated rings. The maximum atomic E-state index is 15.0. The van der Waals surface area contributed by atoms with Crippen LogP contribution in [0.5, 0.6) is 0 Å². The normalized spacial score (nSPS) is 12.6. The molecule has 234 valence electrons. The molecule has 2 unspecified atom stereocenters. The molecule has 0 aliphatic rings. The average Bonchev–Trinajstić information content (AvgIpc) is 2.95. The van der Waals surface area contributed by atoms with Gasteiger partial charge in [0.15, 0.2) is 0 Å². The summed E-state index contributed by atoms with van der Waals surface area (Å²) in [7, 11) is 0. The summed E-state index contributed by atoms with van der Waals surface area (Å²) < 4.78 is 52.0. The van der Waals surface area contributed by atoms with E-state index in [1.165, 1.54) is 18.3 Å². The minimum absolute atomic E-state index is 0.0176. The number of carboxylic acid groups (broad SMARTS) is 1. The number of fused-ring (bicyclic) bond motifs is 1. The van der Waals surface area contributed by atoms with Crippen molar-refractivity contribution >= 4 is 40.3 Å². The van der Waals surface area contributed by atoms with E-state index in [0.717, 1.165) is 5.56 Å². The Bertz CT molecular complexity index is 1480. The smallest absolute Gasteiger partial charge is 0.475 e. The summed E-state index contributed by atoms with van der Waals surface area (Å²) in [5, 5.41) is 10.4. The van der Waals surface area contributed by atoms with Crippen molar-refractivity contribution in [2.45, 2.75) is 50.9 Å². The molecule has 10 nitrogen and oxygen atoms in total. The van der Waals surface area contributed by atoms with Crippen molar-refractivity contribution in [1.82, 2.24) is 10.3 Å². The minimum atomic E-state index is -5.08. The molecule has 1 heterocycles. The highest BCUT2D eigenvalue weighted by molar-refractivity contribution is 6.30. The van der Waals surface area contributed by atoms with Gasteiger partial charge in [0.2, 0.25) is 5.43 Å². The predicted molar refractivity (Wildman–Crippen MR) is 151 cm³/mol. The summed E-state index contributed by atoms with van der Waals surface area (Å²) >= 11 is 5.88. The molecule has 0 saturated heterocycles. The number of amides is 1. The zero-order chi connectivity index (χ0) is 32.3. The summed E-state index contributed by atoms with van der Waals surface area (Å²) in [5.74, 6) is -5.30. The van der Waals surface area contributed by atoms with Crippen molar-refractivity contribution in [3.8, 4) is 0 Å². The standard InChI is InChI=1S/C26H30ClFN4O4.C2HF3O2/c1-2-10-36-26(35)22(30)18(4-3-9-29)16-11-19-23(21(28)12-16)31-14-20(24(19)33)25(34)32-13-15-5-7-17(27)8-6-15;3-2(4,5)1(6)7/h5-8,11-12,14,18,22H,2-4,9-10,13,29-30H2,1H3,(H,31,33)(H,32,34);(H,6,7). The molecule has 0 aliphatic heterocycles. The van der Waals surface area contributed by atoms with Gasteiger partial charge in [0.25, 0.3) is 5.91 Å². The molecule has 43 heavy (non-hydrogen) atoms. The summed E-state index contributed by atoms with van der Waals surface area (Å²) in [6, 6.07) is 8.55. The number of carbonyl (C=O) groups excluding carboxylic acids is 2. The number of hydrogen-bond acceptors (Lipinski definition) is 7. The topological polar surface area (TPSA) is 178 Å². The molecule has 1 aromatic heterocycles. The van der Waals surface area contributed by atoms with E-state index in [4.69, 9.17) is 37.7 Å². The highest BCUT2D eigenvalue weighted by Gasteiger charge is 2.38. The molecule has 0 spiro atoms. The molecule has 15 heteroatoms. The lowest BCUT2D eigenvalue weighted by molar-refractivity contribution is -0.192. The number of hydrogen-bond donors (Lipinski definition) is 5. The Hall–Kier alpha value is -4.01. The van der Waals surface area contributed by atoms with Gasteiger partial charge in [-0.05, 0) is 61.2 Å². The average molecular weight is 631 g/mol. The first kappa shape index (κ1) is 35.2. The monoisotopic (exact) mass is 630 g/mol. The van der Waals surface area contributed by atoms with E-state index in [-0.39, 0.29) is 29.6 Å². The van der Waals surface area contributed by atoms with E-state index in [0.29, 0.717) is 36.4 Å². The van der Waals surface area contributed by atoms with E-state index in [1.54, 1.807) is 24.3 Å². The van der Waals surface area contributed by atoms with Crippen LogP contribution in [0.3, 0.4) is 0 Å². The van der Waals surface area contributed by atoms with E-state index in [1.807, 2.05) is 6.92 Å². The van der Waals surface area contributed by atoms with Crippen LogP contribution < -0.4 is 22.2 Å². The van der Waals surface area contributed by atoms with Crippen LogP contribution in [-0.4, -0.2) is 53.3 Å². The SMILES string of the molecule is CCCOC(=O)C(N)C(CCCN)c1cc(F)c2[nH]cc(C(=O)NCc3ccc(Cl)cc3)c(=O)c2c1.O=C(O)C(F)(F)F. The van der Waals surface area contributed by atoms with Crippen LogP contribution in [0, 0.1) is 5.82 Å². The first-order chi connectivity index (χ1) is 20.2. The lowest BCUT2D eigenvalue weighted by Crippen LogP contribution is -2.38. The Morgan fingerprint density at radius 3 is 2.35 bits per heavy atom. The first-order valence-electron chi connectivity index (χ1n) is 13.0. The number of halogens is 5. The number of carbonyl (C=O) groups is 3. The second-order valence-corrected chi connectivity index (χ2v) is 9.74. The number of alkyl halides is 3. The van der Waals surface area contributed by atoms with Gasteiger partial charge in [-0.1, -0.05) is 30.7 Å². The van der Waals surface area contributed by atoms with Gasteiger partial charge in [-0.25, -0.2) is 9.18 Å². The zero-order valence-corrected chi connectivity index (χ0v) is 23.7. The number of nitrogens with one attached hydrogen (secondary N) is 2. The molecule has 0 bridgehead atoms. The summed E-state index contributed by atoms with van der Waals surface area (Å²) in [5.41, 5.74) is 12.1. The Morgan fingerprint density at radius 2 is 1.79 bits per heavy atom. The first-order valence-corrected chi connectivity index (χ1v) is 13.4. The van der Waals surface area contributed by atoms with Crippen molar-refractivity contribution in [3.05, 3.63) is 80.3 Å². The Kier molecular flexibility index (Phi) is 13.1. The molecule has 3 rings (SSSR count). The van der Waals surface area contributed by atoms with Crippen LogP contribution in [0.1, 0.15) is 53.6 Å². The maximum absolute atomic E-state index is 15.0. The van der Waals surface area contributed by atoms with Gasteiger partial charge < -0.3 is 31.6 Å². The van der Waals surface area contributed by atoms with Crippen molar-refractivity contribution in [2.75, 3.05) is 13.2 Å². The third-order valence-electron chi connectivity index (χ3n) is 6.12. The third kappa shape index (κ3) is 10.0. The Morgan fingerprint density at radius 1 is 1.16 bits per heavy atom. The predicted octanol–water partition coefficient (Wildman–Crippen LogP) is 3.99. The molecule has 7 N–H and O–H groups in total. The minimum Gasteiger partial charge on any atom is -0.475 e. The summed E-state index contributed by atoms with van der Waals surface area (Å²) in [6.07, 6.45) is -2.34. The number of nitrogens with two attached hydrogens (primary N) is 2. The van der Waals surface area contributed by atoms with E-state index >= 15 is 4.39 Å². The van der Waals surface area contributed by atoms with Crippen LogP contribution in [0.2, 0.25) is 5.02 Å². The van der Waals surface area contributed by atoms with Crippen molar-refractivity contribution in [3.63, 3.8) is 0 Å². The number of aliphatic carboxylic acids is 1. The number of pyridine rings is 1. The molecular formula is C28H31ClF4N4O6. The maximum Gasteiger partial charge on any atom is 0.490 e. The number of esters is 1. The van der Waals surface area contributed by atoms with Gasteiger partial charge in [0, 0.05) is 29.1 Å². The number of aromatic nitrogens is 1. The van der Waals surface area contributed by atoms with Gasteiger partial charge in [-0.15, -0.1) is 0 Å². The molecule has 2 aromatic carbocycles. The number of ether oxygens (including phenoxy) is 1. The third-order valence-corrected chi connectivity index (χ3v) is 6.37. The molecular weight excluding hydrogens is 600 g/mol. The van der Waals surface area contributed by atoms with Crippen LogP contribution in [0.4, 0.5) is 17.6 Å². The number of H-pyrrole nitrogens is 1. The molecule has 1 amide bonds. The van der Waals surface area contributed by atoms with Crippen molar-refractivity contribution in [2.24, 2.45) is 11.5 Å². The number of carboxylic acids is 1. The quantitative estimate of drug-likeness (QED) is 0.156. The largest absolute Gasteiger partial charge is 0.490 e.